The third-order valence-electron chi connectivity index (χ3n) is 2.06. The molecule has 0 aliphatic carbocycles. The first-order chi connectivity index (χ1) is 7.70. The molecule has 16 heavy (non-hydrogen) atoms. The lowest BCUT2D eigenvalue weighted by molar-refractivity contribution is 0.271. The van der Waals surface area contributed by atoms with Gasteiger partial charge in [0.2, 0.25) is 0 Å². The van der Waals surface area contributed by atoms with E-state index in [0.717, 1.165) is 0 Å². The van der Waals surface area contributed by atoms with Gasteiger partial charge in [-0.1, -0.05) is 11.6 Å². The molecule has 1 heterocycles. The molecule has 0 amide bonds. The van der Waals surface area contributed by atoms with Crippen molar-refractivity contribution in [2.24, 2.45) is 0 Å². The van der Waals surface area contributed by atoms with Crippen LogP contribution in [0, 0.1) is 5.82 Å². The number of hydrogen-bond donors (Lipinski definition) is 1. The SMILES string of the molecule is OCc1nccc(-c2ccc(F)c(Cl)c2)n1. The topological polar surface area (TPSA) is 46.0 Å². The zero-order valence-corrected chi connectivity index (χ0v) is 8.95. The second kappa shape index (κ2) is 4.55. The van der Waals surface area contributed by atoms with E-state index >= 15 is 0 Å². The van der Waals surface area contributed by atoms with Gasteiger partial charge in [0, 0.05) is 11.8 Å². The van der Waals surface area contributed by atoms with Gasteiger partial charge in [-0.3, -0.25) is 0 Å². The minimum Gasteiger partial charge on any atom is -0.388 e. The van der Waals surface area contributed by atoms with Crippen LogP contribution in [0.3, 0.4) is 0 Å². The molecular weight excluding hydrogens is 231 g/mol. The molecule has 0 aliphatic heterocycles. The standard InChI is InChI=1S/C11H8ClFN2O/c12-8-5-7(1-2-9(8)13)10-3-4-14-11(6-16)15-10/h1-5,16H,6H2. The quantitative estimate of drug-likeness (QED) is 0.874. The molecule has 0 saturated carbocycles. The molecule has 0 bridgehead atoms. The van der Waals surface area contributed by atoms with Crippen LogP contribution in [0.15, 0.2) is 30.5 Å². The average molecular weight is 239 g/mol. The highest BCUT2D eigenvalue weighted by Gasteiger charge is 2.05. The number of aliphatic hydroxyl groups excluding tert-OH is 1. The molecule has 3 nitrogen and oxygen atoms in total. The highest BCUT2D eigenvalue weighted by Crippen LogP contribution is 2.23. The van der Waals surface area contributed by atoms with Gasteiger partial charge in [-0.25, -0.2) is 14.4 Å². The lowest BCUT2D eigenvalue weighted by Crippen LogP contribution is -1.95. The average Bonchev–Trinajstić information content (AvgIpc) is 2.33. The number of benzene rings is 1. The number of rotatable bonds is 2. The van der Waals surface area contributed by atoms with Crippen LogP contribution in [0.25, 0.3) is 11.3 Å². The summed E-state index contributed by atoms with van der Waals surface area (Å²) >= 11 is 5.67. The molecule has 0 radical (unpaired) electrons. The summed E-state index contributed by atoms with van der Waals surface area (Å²) < 4.78 is 13.0. The lowest BCUT2D eigenvalue weighted by Gasteiger charge is -2.03. The van der Waals surface area contributed by atoms with Gasteiger partial charge in [0.15, 0.2) is 5.82 Å². The highest BCUT2D eigenvalue weighted by molar-refractivity contribution is 6.31. The van der Waals surface area contributed by atoms with E-state index in [1.807, 2.05) is 0 Å². The Morgan fingerprint density at radius 2 is 2.12 bits per heavy atom. The Morgan fingerprint density at radius 1 is 1.31 bits per heavy atom. The number of aliphatic hydroxyl groups is 1. The maximum atomic E-state index is 13.0. The molecule has 5 heteroatoms. The first-order valence-corrected chi connectivity index (χ1v) is 4.96. The molecule has 0 unspecified atom stereocenters. The monoisotopic (exact) mass is 238 g/mol. The molecule has 1 aromatic carbocycles. The summed E-state index contributed by atoms with van der Waals surface area (Å²) in [6.45, 7) is -0.233. The van der Waals surface area contributed by atoms with E-state index in [1.165, 1.54) is 18.3 Å². The zero-order valence-electron chi connectivity index (χ0n) is 8.19. The van der Waals surface area contributed by atoms with Crippen molar-refractivity contribution in [2.45, 2.75) is 6.61 Å². The minimum absolute atomic E-state index is 0.0432. The molecule has 1 N–H and O–H groups in total. The van der Waals surface area contributed by atoms with Gasteiger partial charge in [-0.2, -0.15) is 0 Å². The molecule has 1 aromatic heterocycles. The number of nitrogens with zero attached hydrogens (tertiary/aromatic N) is 2. The zero-order chi connectivity index (χ0) is 11.5. The van der Waals surface area contributed by atoms with Crippen LogP contribution in [0.2, 0.25) is 5.02 Å². The van der Waals surface area contributed by atoms with E-state index < -0.39 is 5.82 Å². The Bertz CT molecular complexity index is 519. The van der Waals surface area contributed by atoms with Gasteiger partial charge in [0.1, 0.15) is 12.4 Å². The van der Waals surface area contributed by atoms with Crippen molar-refractivity contribution in [2.75, 3.05) is 0 Å². The van der Waals surface area contributed by atoms with Crippen molar-refractivity contribution in [1.29, 1.82) is 0 Å². The van der Waals surface area contributed by atoms with Crippen molar-refractivity contribution in [3.05, 3.63) is 47.1 Å². The van der Waals surface area contributed by atoms with E-state index in [2.05, 4.69) is 9.97 Å². The van der Waals surface area contributed by atoms with E-state index in [-0.39, 0.29) is 11.6 Å². The smallest absolute Gasteiger partial charge is 0.154 e. The summed E-state index contributed by atoms with van der Waals surface area (Å²) in [5, 5.41) is 8.94. The molecule has 0 spiro atoms. The van der Waals surface area contributed by atoms with E-state index in [9.17, 15) is 4.39 Å². The highest BCUT2D eigenvalue weighted by atomic mass is 35.5. The third-order valence-corrected chi connectivity index (χ3v) is 2.35. The van der Waals surface area contributed by atoms with Crippen molar-refractivity contribution in [3.63, 3.8) is 0 Å². The van der Waals surface area contributed by atoms with Crippen LogP contribution in [-0.4, -0.2) is 15.1 Å². The van der Waals surface area contributed by atoms with E-state index in [0.29, 0.717) is 17.1 Å². The molecule has 82 valence electrons. The second-order valence-electron chi connectivity index (χ2n) is 3.15. The molecule has 0 saturated heterocycles. The summed E-state index contributed by atoms with van der Waals surface area (Å²) in [5.74, 6) is -0.153. The minimum atomic E-state index is -0.471. The summed E-state index contributed by atoms with van der Waals surface area (Å²) in [5.41, 5.74) is 1.28. The van der Waals surface area contributed by atoms with Crippen LogP contribution < -0.4 is 0 Å². The van der Waals surface area contributed by atoms with E-state index in [1.54, 1.807) is 12.1 Å². The fourth-order valence-electron chi connectivity index (χ4n) is 1.29. The first-order valence-electron chi connectivity index (χ1n) is 4.59. The molecule has 0 atom stereocenters. The number of aromatic nitrogens is 2. The predicted molar refractivity (Wildman–Crippen MR) is 58.4 cm³/mol. The maximum absolute atomic E-state index is 13.0. The summed E-state index contributed by atoms with van der Waals surface area (Å²) in [6.07, 6.45) is 1.53. The van der Waals surface area contributed by atoms with Crippen LogP contribution in [-0.2, 0) is 6.61 Å². The fraction of sp³-hybridized carbons (Fsp3) is 0.0909. The fourth-order valence-corrected chi connectivity index (χ4v) is 1.47. The number of hydrogen-bond acceptors (Lipinski definition) is 3. The van der Waals surface area contributed by atoms with Gasteiger partial charge < -0.3 is 5.11 Å². The molecule has 0 fully saturated rings. The second-order valence-corrected chi connectivity index (χ2v) is 3.55. The van der Waals surface area contributed by atoms with Crippen molar-refractivity contribution in [1.82, 2.24) is 9.97 Å². The Labute approximate surface area is 96.6 Å². The Kier molecular flexibility index (Phi) is 3.12. The lowest BCUT2D eigenvalue weighted by atomic mass is 10.1. The van der Waals surface area contributed by atoms with Crippen LogP contribution in [0.5, 0.6) is 0 Å². The summed E-state index contributed by atoms with van der Waals surface area (Å²) in [7, 11) is 0. The molecule has 2 rings (SSSR count). The van der Waals surface area contributed by atoms with Gasteiger partial charge in [0.25, 0.3) is 0 Å². The third kappa shape index (κ3) is 2.18. The summed E-state index contributed by atoms with van der Waals surface area (Å²) in [4.78, 5) is 7.95. The normalized spacial score (nSPS) is 10.4. The Hall–Kier alpha value is -1.52. The predicted octanol–water partition coefficient (Wildman–Crippen LogP) is 2.43. The van der Waals surface area contributed by atoms with Gasteiger partial charge >= 0.3 is 0 Å². The Morgan fingerprint density at radius 3 is 2.81 bits per heavy atom. The van der Waals surface area contributed by atoms with Crippen LogP contribution >= 0.6 is 11.6 Å². The Balaban J connectivity index is 2.46. The van der Waals surface area contributed by atoms with E-state index in [4.69, 9.17) is 16.7 Å². The van der Waals surface area contributed by atoms with Crippen molar-refractivity contribution in [3.8, 4) is 11.3 Å². The largest absolute Gasteiger partial charge is 0.388 e. The first kappa shape index (κ1) is 11.0. The molecule has 2 aromatic rings. The van der Waals surface area contributed by atoms with Gasteiger partial charge in [0.05, 0.1) is 10.7 Å². The summed E-state index contributed by atoms with van der Waals surface area (Å²) in [6, 6.07) is 6.01. The van der Waals surface area contributed by atoms with Crippen molar-refractivity contribution < 1.29 is 9.50 Å². The van der Waals surface area contributed by atoms with Crippen LogP contribution in [0.1, 0.15) is 5.82 Å². The number of halogens is 2. The molecule has 0 aliphatic rings. The van der Waals surface area contributed by atoms with Crippen molar-refractivity contribution >= 4 is 11.6 Å². The maximum Gasteiger partial charge on any atom is 0.154 e. The van der Waals surface area contributed by atoms with Crippen LogP contribution in [0.4, 0.5) is 4.39 Å². The molecular formula is C11H8ClFN2O. The van der Waals surface area contributed by atoms with Gasteiger partial charge in [-0.05, 0) is 24.3 Å². The van der Waals surface area contributed by atoms with Gasteiger partial charge in [-0.15, -0.1) is 0 Å².